The molecule has 0 bridgehead atoms. The zero-order valence-corrected chi connectivity index (χ0v) is 10.7. The predicted octanol–water partition coefficient (Wildman–Crippen LogP) is 3.02. The van der Waals surface area contributed by atoms with E-state index in [0.717, 1.165) is 11.1 Å². The number of nitrogens with one attached hydrogen (secondary N) is 2. The molecule has 0 atom stereocenters. The second-order valence-electron chi connectivity index (χ2n) is 4.29. The van der Waals surface area contributed by atoms with E-state index in [2.05, 4.69) is 10.6 Å². The Labute approximate surface area is 112 Å². The van der Waals surface area contributed by atoms with E-state index < -0.39 is 0 Å². The minimum absolute atomic E-state index is 0.218. The third kappa shape index (κ3) is 3.74. The molecule has 4 nitrogen and oxygen atoms in total. The van der Waals surface area contributed by atoms with Crippen molar-refractivity contribution in [1.82, 2.24) is 5.32 Å². The van der Waals surface area contributed by atoms with Crippen LogP contribution in [0.25, 0.3) is 0 Å². The lowest BCUT2D eigenvalue weighted by Crippen LogP contribution is -2.28. The van der Waals surface area contributed by atoms with Gasteiger partial charge in [0.15, 0.2) is 0 Å². The molecule has 3 N–H and O–H groups in total. The van der Waals surface area contributed by atoms with Gasteiger partial charge in [-0.1, -0.05) is 30.3 Å². The van der Waals surface area contributed by atoms with E-state index in [1.165, 1.54) is 0 Å². The zero-order chi connectivity index (χ0) is 13.7. The minimum atomic E-state index is -0.269. The number of hydrogen-bond acceptors (Lipinski definition) is 2. The maximum absolute atomic E-state index is 11.7. The topological polar surface area (TPSA) is 61.4 Å². The lowest BCUT2D eigenvalue weighted by molar-refractivity contribution is 0.251. The van der Waals surface area contributed by atoms with Crippen LogP contribution < -0.4 is 10.6 Å². The Kier molecular flexibility index (Phi) is 4.03. The van der Waals surface area contributed by atoms with Crippen LogP contribution in [0.3, 0.4) is 0 Å². The van der Waals surface area contributed by atoms with Crippen molar-refractivity contribution in [2.45, 2.75) is 13.5 Å². The summed E-state index contributed by atoms with van der Waals surface area (Å²) in [5.74, 6) is 0.218. The number of aromatic hydroxyl groups is 1. The summed E-state index contributed by atoms with van der Waals surface area (Å²) in [5.41, 5.74) is 2.42. The summed E-state index contributed by atoms with van der Waals surface area (Å²) < 4.78 is 0. The van der Waals surface area contributed by atoms with Crippen LogP contribution in [0.1, 0.15) is 11.1 Å². The highest BCUT2D eigenvalue weighted by Crippen LogP contribution is 2.19. The van der Waals surface area contributed by atoms with E-state index in [4.69, 9.17) is 0 Å². The van der Waals surface area contributed by atoms with Crippen molar-refractivity contribution in [3.8, 4) is 5.75 Å². The summed E-state index contributed by atoms with van der Waals surface area (Å²) >= 11 is 0. The Bertz CT molecular complexity index is 568. The summed E-state index contributed by atoms with van der Waals surface area (Å²) in [5, 5.41) is 14.9. The molecule has 0 heterocycles. The quantitative estimate of drug-likeness (QED) is 0.739. The Morgan fingerprint density at radius 1 is 1.16 bits per heavy atom. The number of carbonyl (C=O) groups excluding carboxylic acids is 1. The third-order valence-corrected chi connectivity index (χ3v) is 2.75. The van der Waals surface area contributed by atoms with Crippen molar-refractivity contribution in [1.29, 1.82) is 0 Å². The number of benzene rings is 2. The molecule has 4 heteroatoms. The highest BCUT2D eigenvalue weighted by molar-refractivity contribution is 5.89. The minimum Gasteiger partial charge on any atom is -0.508 e. The van der Waals surface area contributed by atoms with Gasteiger partial charge in [0.25, 0.3) is 0 Å². The van der Waals surface area contributed by atoms with Crippen LogP contribution in [-0.4, -0.2) is 11.1 Å². The van der Waals surface area contributed by atoms with Crippen LogP contribution in [0, 0.1) is 6.92 Å². The van der Waals surface area contributed by atoms with E-state index in [-0.39, 0.29) is 11.8 Å². The average molecular weight is 256 g/mol. The first-order valence-electron chi connectivity index (χ1n) is 6.03. The molecule has 0 radical (unpaired) electrons. The highest BCUT2D eigenvalue weighted by Gasteiger charge is 2.03. The fourth-order valence-electron chi connectivity index (χ4n) is 1.69. The number of phenols is 1. The van der Waals surface area contributed by atoms with Crippen molar-refractivity contribution in [3.05, 3.63) is 59.7 Å². The fraction of sp³-hybridized carbons (Fsp3) is 0.133. The van der Waals surface area contributed by atoms with Gasteiger partial charge in [0, 0.05) is 12.2 Å². The second kappa shape index (κ2) is 5.91. The third-order valence-electron chi connectivity index (χ3n) is 2.75. The van der Waals surface area contributed by atoms with Gasteiger partial charge < -0.3 is 15.7 Å². The monoisotopic (exact) mass is 256 g/mol. The maximum Gasteiger partial charge on any atom is 0.319 e. The van der Waals surface area contributed by atoms with Crippen molar-refractivity contribution < 1.29 is 9.90 Å². The number of hydrogen-bond donors (Lipinski definition) is 3. The summed E-state index contributed by atoms with van der Waals surface area (Å²) in [4.78, 5) is 11.7. The van der Waals surface area contributed by atoms with Crippen molar-refractivity contribution in [2.75, 3.05) is 5.32 Å². The number of amides is 2. The average Bonchev–Trinajstić information content (AvgIpc) is 2.42. The Balaban J connectivity index is 1.89. The van der Waals surface area contributed by atoms with Crippen molar-refractivity contribution in [3.63, 3.8) is 0 Å². The van der Waals surface area contributed by atoms with Gasteiger partial charge in [0.05, 0.1) is 0 Å². The molecule has 0 aliphatic rings. The van der Waals surface area contributed by atoms with Gasteiger partial charge in [-0.25, -0.2) is 4.79 Å². The Hall–Kier alpha value is -2.49. The fourth-order valence-corrected chi connectivity index (χ4v) is 1.69. The molecule has 0 fully saturated rings. The highest BCUT2D eigenvalue weighted by atomic mass is 16.3. The number of phenolic OH excluding ortho intramolecular Hbond substituents is 1. The lowest BCUT2D eigenvalue weighted by Gasteiger charge is -2.08. The number of anilines is 1. The van der Waals surface area contributed by atoms with Crippen LogP contribution in [0.5, 0.6) is 5.75 Å². The Morgan fingerprint density at radius 3 is 2.58 bits per heavy atom. The lowest BCUT2D eigenvalue weighted by atomic mass is 10.2. The molecule has 0 saturated heterocycles. The first-order valence-corrected chi connectivity index (χ1v) is 6.03. The maximum atomic E-state index is 11.7. The van der Waals surface area contributed by atoms with E-state index in [1.54, 1.807) is 25.1 Å². The standard InChI is InChI=1S/C15H16N2O2/c1-11-9-13(7-8-14(11)18)17-15(19)16-10-12-5-3-2-4-6-12/h2-9,18H,10H2,1H3,(H2,16,17,19). The molecule has 2 amide bonds. The molecule has 19 heavy (non-hydrogen) atoms. The Morgan fingerprint density at radius 2 is 1.89 bits per heavy atom. The molecule has 0 spiro atoms. The largest absolute Gasteiger partial charge is 0.508 e. The second-order valence-corrected chi connectivity index (χ2v) is 4.29. The molecule has 0 aliphatic carbocycles. The van der Waals surface area contributed by atoms with Gasteiger partial charge in [-0.2, -0.15) is 0 Å². The SMILES string of the molecule is Cc1cc(NC(=O)NCc2ccccc2)ccc1O. The normalized spacial score (nSPS) is 9.95. The molecule has 0 unspecified atom stereocenters. The van der Waals surface area contributed by atoms with E-state index in [9.17, 15) is 9.90 Å². The molecule has 2 rings (SSSR count). The molecule has 0 aliphatic heterocycles. The van der Waals surface area contributed by atoms with Gasteiger partial charge >= 0.3 is 6.03 Å². The molecular weight excluding hydrogens is 240 g/mol. The van der Waals surface area contributed by atoms with Crippen LogP contribution in [-0.2, 0) is 6.54 Å². The molecule has 2 aromatic carbocycles. The molecule has 98 valence electrons. The summed E-state index contributed by atoms with van der Waals surface area (Å²) in [6.45, 7) is 2.26. The summed E-state index contributed by atoms with van der Waals surface area (Å²) in [6.07, 6.45) is 0. The predicted molar refractivity (Wildman–Crippen MR) is 75.1 cm³/mol. The first-order chi connectivity index (χ1) is 9.15. The van der Waals surface area contributed by atoms with Crippen LogP contribution >= 0.6 is 0 Å². The molecule has 2 aromatic rings. The number of carbonyl (C=O) groups is 1. The number of aryl methyl sites for hydroxylation is 1. The molecule has 0 aromatic heterocycles. The smallest absolute Gasteiger partial charge is 0.319 e. The molecular formula is C15H16N2O2. The summed E-state index contributed by atoms with van der Waals surface area (Å²) in [7, 11) is 0. The van der Waals surface area contributed by atoms with E-state index >= 15 is 0 Å². The van der Waals surface area contributed by atoms with E-state index in [1.807, 2.05) is 30.3 Å². The van der Waals surface area contributed by atoms with Gasteiger partial charge in [-0.05, 0) is 36.2 Å². The van der Waals surface area contributed by atoms with Crippen LogP contribution in [0.4, 0.5) is 10.5 Å². The summed E-state index contributed by atoms with van der Waals surface area (Å²) in [6, 6.07) is 14.4. The first kappa shape index (κ1) is 13.0. The van der Waals surface area contributed by atoms with Crippen molar-refractivity contribution >= 4 is 11.7 Å². The van der Waals surface area contributed by atoms with Gasteiger partial charge in [0.1, 0.15) is 5.75 Å². The van der Waals surface area contributed by atoms with Crippen LogP contribution in [0.15, 0.2) is 48.5 Å². The zero-order valence-electron chi connectivity index (χ0n) is 10.7. The van der Waals surface area contributed by atoms with Crippen molar-refractivity contribution in [2.24, 2.45) is 0 Å². The van der Waals surface area contributed by atoms with Crippen LogP contribution in [0.2, 0.25) is 0 Å². The van der Waals surface area contributed by atoms with Gasteiger partial charge in [-0.15, -0.1) is 0 Å². The van der Waals surface area contributed by atoms with Gasteiger partial charge in [-0.3, -0.25) is 0 Å². The molecule has 0 saturated carbocycles. The van der Waals surface area contributed by atoms with E-state index in [0.29, 0.717) is 12.2 Å². The number of urea groups is 1. The van der Waals surface area contributed by atoms with Gasteiger partial charge in [0.2, 0.25) is 0 Å². The number of rotatable bonds is 3.